The maximum atomic E-state index is 2.53. The number of fused-ring (bicyclic) bond motifs is 13. The summed E-state index contributed by atoms with van der Waals surface area (Å²) in [5.74, 6) is 0. The van der Waals surface area contributed by atoms with Gasteiger partial charge in [0.15, 0.2) is 0 Å². The fraction of sp³-hybridized carbons (Fsp3) is 0.195. The third kappa shape index (κ3) is 6.64. The van der Waals surface area contributed by atoms with Crippen molar-refractivity contribution in [3.05, 3.63) is 273 Å². The molecule has 10 aromatic carbocycles. The SMILES string of the molecule is CC1(C)c2cc(/C=C/c3ccc4c(c3)C(C)(C)c3cc5c(cc3-4)C(C)(C)c3ccccc3N5c3ccccc3)ccc2-c2ccc(-c3ccc4c(c3)C(C)(C)c3cc5c(cc3-4)C(C)(C)c3ccccc3N5c3ccccc3)cc21. The highest BCUT2D eigenvalue weighted by Gasteiger charge is 2.45. The van der Waals surface area contributed by atoms with E-state index in [1.54, 1.807) is 0 Å². The highest BCUT2D eigenvalue weighted by molar-refractivity contribution is 5.95. The smallest absolute Gasteiger partial charge is 0.0506 e. The van der Waals surface area contributed by atoms with Gasteiger partial charge in [-0.15, -0.1) is 0 Å². The number of anilines is 6. The fourth-order valence-corrected chi connectivity index (χ4v) is 15.1. The van der Waals surface area contributed by atoms with Crippen molar-refractivity contribution in [3.63, 3.8) is 0 Å². The highest BCUT2D eigenvalue weighted by atomic mass is 15.2. The molecular formula is C77H66N2. The Morgan fingerprint density at radius 3 is 0.962 bits per heavy atom. The Morgan fingerprint density at radius 2 is 0.557 bits per heavy atom. The topological polar surface area (TPSA) is 6.48 Å². The average Bonchev–Trinajstić information content (AvgIpc) is 3.94. The minimum atomic E-state index is -0.188. The monoisotopic (exact) mass is 1020 g/mol. The first-order valence-electron chi connectivity index (χ1n) is 28.5. The first-order valence-corrected chi connectivity index (χ1v) is 28.5. The van der Waals surface area contributed by atoms with Gasteiger partial charge in [-0.3, -0.25) is 0 Å². The third-order valence-corrected chi connectivity index (χ3v) is 19.6. The molecule has 2 heteroatoms. The van der Waals surface area contributed by atoms with Crippen LogP contribution in [0.5, 0.6) is 0 Å². The first-order chi connectivity index (χ1) is 37.9. The molecule has 0 unspecified atom stereocenters. The predicted molar refractivity (Wildman–Crippen MR) is 334 cm³/mol. The van der Waals surface area contributed by atoms with Crippen LogP contribution in [0, 0.1) is 0 Å². The van der Waals surface area contributed by atoms with Crippen molar-refractivity contribution in [1.82, 2.24) is 0 Å². The van der Waals surface area contributed by atoms with Crippen LogP contribution in [-0.4, -0.2) is 0 Å². The standard InChI is InChI=1S/C77H66N2/c1-73(2)59-25-17-19-27-69(59)78(51-21-13-11-14-22-51)71-45-65-57(43-67(71)73)55-36-32-48(40-62(55)76(65,7)8)30-29-47-31-35-53-54-37-33-49(41-63(54)75(5,6)61(53)39-47)50-34-38-56-58-44-68-72(46-66(58)77(9,10)64(56)42-50)79(52-23-15-12-16-24-52)70-28-20-18-26-60(70)74(68,3)4/h11-46H,1-10H3/b30-29+. The number of nitrogens with zero attached hydrogens (tertiary/aromatic N) is 2. The van der Waals surface area contributed by atoms with Crippen molar-refractivity contribution in [2.24, 2.45) is 0 Å². The van der Waals surface area contributed by atoms with Gasteiger partial charge in [0.2, 0.25) is 0 Å². The van der Waals surface area contributed by atoms with Crippen molar-refractivity contribution in [1.29, 1.82) is 0 Å². The molecule has 10 aromatic rings. The first kappa shape index (κ1) is 47.7. The van der Waals surface area contributed by atoms with Gasteiger partial charge in [0, 0.05) is 38.4 Å². The molecule has 0 N–H and O–H groups in total. The van der Waals surface area contributed by atoms with Gasteiger partial charge in [0.1, 0.15) is 0 Å². The van der Waals surface area contributed by atoms with E-state index in [4.69, 9.17) is 0 Å². The largest absolute Gasteiger partial charge is 0.310 e. The molecule has 0 atom stereocenters. The molecule has 0 bridgehead atoms. The summed E-state index contributed by atoms with van der Waals surface area (Å²) >= 11 is 0. The van der Waals surface area contributed by atoms with Crippen molar-refractivity contribution in [2.45, 2.75) is 96.3 Å². The summed E-state index contributed by atoms with van der Waals surface area (Å²) in [5.41, 5.74) is 33.4. The summed E-state index contributed by atoms with van der Waals surface area (Å²) in [6.07, 6.45) is 4.63. The van der Waals surface area contributed by atoms with Crippen LogP contribution in [0.4, 0.5) is 34.1 Å². The Labute approximate surface area is 467 Å². The zero-order chi connectivity index (χ0) is 54.1. The zero-order valence-electron chi connectivity index (χ0n) is 47.2. The molecule has 3 aliphatic carbocycles. The molecule has 2 heterocycles. The summed E-state index contributed by atoms with van der Waals surface area (Å²) < 4.78 is 0. The molecular weight excluding hydrogens is 953 g/mol. The molecule has 0 saturated carbocycles. The van der Waals surface area contributed by atoms with Crippen LogP contribution in [-0.2, 0) is 27.1 Å². The van der Waals surface area contributed by atoms with E-state index in [-0.39, 0.29) is 27.1 Å². The van der Waals surface area contributed by atoms with E-state index in [0.29, 0.717) is 0 Å². The van der Waals surface area contributed by atoms with Gasteiger partial charge in [0.25, 0.3) is 0 Å². The fourth-order valence-electron chi connectivity index (χ4n) is 15.1. The number of hydrogen-bond acceptors (Lipinski definition) is 2. The molecule has 2 aliphatic heterocycles. The molecule has 5 aliphatic rings. The van der Waals surface area contributed by atoms with Gasteiger partial charge < -0.3 is 9.80 Å². The van der Waals surface area contributed by atoms with Gasteiger partial charge in [0.05, 0.1) is 22.7 Å². The van der Waals surface area contributed by atoms with E-state index < -0.39 is 0 Å². The number of hydrogen-bond donors (Lipinski definition) is 0. The van der Waals surface area contributed by atoms with E-state index in [0.717, 1.165) is 0 Å². The van der Waals surface area contributed by atoms with Gasteiger partial charge in [-0.1, -0.05) is 215 Å². The normalized spacial score (nSPS) is 17.1. The summed E-state index contributed by atoms with van der Waals surface area (Å²) in [6, 6.07) is 78.5. The Bertz CT molecular complexity index is 4270. The molecule has 0 spiro atoms. The lowest BCUT2D eigenvalue weighted by Crippen LogP contribution is -2.31. The number of para-hydroxylation sites is 4. The Balaban J connectivity index is 0.727. The van der Waals surface area contributed by atoms with Gasteiger partial charge in [-0.2, -0.15) is 0 Å². The van der Waals surface area contributed by atoms with Crippen LogP contribution >= 0.6 is 0 Å². The Kier molecular flexibility index (Phi) is 9.85. The number of benzene rings is 10. The summed E-state index contributed by atoms with van der Waals surface area (Å²) in [7, 11) is 0. The highest BCUT2D eigenvalue weighted by Crippen LogP contribution is 2.60. The molecule has 79 heavy (non-hydrogen) atoms. The zero-order valence-corrected chi connectivity index (χ0v) is 47.2. The second kappa shape index (κ2) is 16.3. The summed E-state index contributed by atoms with van der Waals surface area (Å²) in [4.78, 5) is 4.97. The summed E-state index contributed by atoms with van der Waals surface area (Å²) in [6.45, 7) is 24.1. The molecule has 0 radical (unpaired) electrons. The van der Waals surface area contributed by atoms with Crippen molar-refractivity contribution < 1.29 is 0 Å². The third-order valence-electron chi connectivity index (χ3n) is 19.6. The molecule has 0 amide bonds. The van der Waals surface area contributed by atoms with Gasteiger partial charge in [-0.25, -0.2) is 0 Å². The van der Waals surface area contributed by atoms with E-state index in [9.17, 15) is 0 Å². The van der Waals surface area contributed by atoms with E-state index >= 15 is 0 Å². The lowest BCUT2D eigenvalue weighted by Gasteiger charge is -2.42. The summed E-state index contributed by atoms with van der Waals surface area (Å²) in [5, 5.41) is 0. The minimum Gasteiger partial charge on any atom is -0.310 e. The Morgan fingerprint density at radius 1 is 0.241 bits per heavy atom. The minimum absolute atomic E-state index is 0.163. The number of rotatable bonds is 5. The van der Waals surface area contributed by atoms with Crippen molar-refractivity contribution >= 4 is 46.3 Å². The van der Waals surface area contributed by atoms with Crippen molar-refractivity contribution in [3.8, 4) is 44.5 Å². The average molecular weight is 1020 g/mol. The molecule has 2 nitrogen and oxygen atoms in total. The maximum absolute atomic E-state index is 2.53. The molecule has 0 fully saturated rings. The second-order valence-electron chi connectivity index (χ2n) is 25.8. The van der Waals surface area contributed by atoms with Gasteiger partial charge in [-0.05, 0) is 184 Å². The molecule has 0 saturated heterocycles. The second-order valence-corrected chi connectivity index (χ2v) is 25.8. The van der Waals surface area contributed by atoms with Crippen LogP contribution in [0.3, 0.4) is 0 Å². The maximum Gasteiger partial charge on any atom is 0.0506 e. The van der Waals surface area contributed by atoms with Crippen LogP contribution in [0.2, 0.25) is 0 Å². The molecule has 384 valence electrons. The van der Waals surface area contributed by atoms with E-state index in [2.05, 4.69) is 297 Å². The molecule has 0 aromatic heterocycles. The quantitative estimate of drug-likeness (QED) is 0.159. The Hall–Kier alpha value is -8.46. The van der Waals surface area contributed by atoms with Crippen LogP contribution in [0.25, 0.3) is 56.7 Å². The van der Waals surface area contributed by atoms with E-state index in [1.165, 1.54) is 145 Å². The van der Waals surface area contributed by atoms with Crippen molar-refractivity contribution in [2.75, 3.05) is 9.80 Å². The lowest BCUT2D eigenvalue weighted by molar-refractivity contribution is 0.627. The predicted octanol–water partition coefficient (Wildman–Crippen LogP) is 20.7. The van der Waals surface area contributed by atoms with Crippen LogP contribution < -0.4 is 9.80 Å². The molecule has 15 rings (SSSR count). The van der Waals surface area contributed by atoms with E-state index in [1.807, 2.05) is 0 Å². The van der Waals surface area contributed by atoms with Crippen LogP contribution in [0.15, 0.2) is 206 Å². The van der Waals surface area contributed by atoms with Gasteiger partial charge >= 0.3 is 0 Å². The lowest BCUT2D eigenvalue weighted by atomic mass is 9.72. The van der Waals surface area contributed by atoms with Crippen LogP contribution in [0.1, 0.15) is 136 Å².